The second kappa shape index (κ2) is 4.77. The molecule has 0 aliphatic carbocycles. The van der Waals surface area contributed by atoms with Crippen molar-refractivity contribution in [2.24, 2.45) is 5.92 Å². The summed E-state index contributed by atoms with van der Waals surface area (Å²) in [6.07, 6.45) is -0.393. The van der Waals surface area contributed by atoms with Gasteiger partial charge in [-0.15, -0.1) is 0 Å². The molecular formula is C8H17NO3. The zero-order chi connectivity index (χ0) is 8.97. The van der Waals surface area contributed by atoms with Crippen molar-refractivity contribution < 1.29 is 14.9 Å². The van der Waals surface area contributed by atoms with E-state index in [1.165, 1.54) is 0 Å². The lowest BCUT2D eigenvalue weighted by atomic mass is 10.1. The van der Waals surface area contributed by atoms with Gasteiger partial charge in [0.25, 0.3) is 0 Å². The van der Waals surface area contributed by atoms with Crippen LogP contribution in [0.25, 0.3) is 0 Å². The minimum atomic E-state index is -0.393. The molecule has 0 amide bonds. The van der Waals surface area contributed by atoms with E-state index in [1.54, 1.807) is 0 Å². The first-order valence-corrected chi connectivity index (χ1v) is 4.34. The Labute approximate surface area is 72.5 Å². The summed E-state index contributed by atoms with van der Waals surface area (Å²) in [5.74, 6) is 0.234. The van der Waals surface area contributed by atoms with E-state index >= 15 is 0 Å². The van der Waals surface area contributed by atoms with E-state index in [0.29, 0.717) is 13.2 Å². The monoisotopic (exact) mass is 175 g/mol. The smallest absolute Gasteiger partial charge is 0.0948 e. The Balaban J connectivity index is 2.13. The molecule has 4 heteroatoms. The summed E-state index contributed by atoms with van der Waals surface area (Å²) in [7, 11) is 0. The van der Waals surface area contributed by atoms with Gasteiger partial charge in [0.2, 0.25) is 0 Å². The van der Waals surface area contributed by atoms with Crippen molar-refractivity contribution in [1.29, 1.82) is 0 Å². The van der Waals surface area contributed by atoms with Gasteiger partial charge in [0.05, 0.1) is 25.4 Å². The van der Waals surface area contributed by atoms with Gasteiger partial charge in [-0.3, -0.25) is 0 Å². The lowest BCUT2D eigenvalue weighted by Gasteiger charge is -2.16. The maximum atomic E-state index is 9.32. The largest absolute Gasteiger partial charge is 0.396 e. The van der Waals surface area contributed by atoms with Crippen molar-refractivity contribution in [2.45, 2.75) is 19.1 Å². The molecule has 1 heterocycles. The van der Waals surface area contributed by atoms with E-state index in [4.69, 9.17) is 9.84 Å². The number of aliphatic hydroxyl groups is 2. The predicted molar refractivity (Wildman–Crippen MR) is 44.9 cm³/mol. The van der Waals surface area contributed by atoms with E-state index in [2.05, 4.69) is 5.32 Å². The summed E-state index contributed by atoms with van der Waals surface area (Å²) < 4.78 is 5.06. The van der Waals surface area contributed by atoms with Crippen LogP contribution >= 0.6 is 0 Å². The first-order chi connectivity index (χ1) is 5.74. The van der Waals surface area contributed by atoms with E-state index in [0.717, 1.165) is 6.54 Å². The Hall–Kier alpha value is -0.160. The molecule has 0 aromatic carbocycles. The molecule has 72 valence electrons. The molecule has 0 spiro atoms. The third kappa shape index (κ3) is 2.71. The lowest BCUT2D eigenvalue weighted by Crippen LogP contribution is -2.41. The number of rotatable bonds is 4. The fourth-order valence-corrected chi connectivity index (χ4v) is 1.16. The van der Waals surface area contributed by atoms with Gasteiger partial charge in [-0.2, -0.15) is 0 Å². The summed E-state index contributed by atoms with van der Waals surface area (Å²) in [6.45, 7) is 3.85. The van der Waals surface area contributed by atoms with Crippen LogP contribution in [0, 0.1) is 5.92 Å². The molecule has 0 saturated carbocycles. The van der Waals surface area contributed by atoms with Crippen molar-refractivity contribution in [3.8, 4) is 0 Å². The molecule has 0 bridgehead atoms. The third-order valence-electron chi connectivity index (χ3n) is 2.09. The highest BCUT2D eigenvalue weighted by molar-refractivity contribution is 4.80. The summed E-state index contributed by atoms with van der Waals surface area (Å²) >= 11 is 0. The van der Waals surface area contributed by atoms with Crippen molar-refractivity contribution in [1.82, 2.24) is 5.32 Å². The predicted octanol–water partition coefficient (Wildman–Crippen LogP) is -1.04. The Bertz CT molecular complexity index is 131. The van der Waals surface area contributed by atoms with Crippen LogP contribution in [0.1, 0.15) is 6.92 Å². The second-order valence-corrected chi connectivity index (χ2v) is 3.41. The minimum absolute atomic E-state index is 0.0407. The molecule has 0 radical (unpaired) electrons. The van der Waals surface area contributed by atoms with Gasteiger partial charge in [0.1, 0.15) is 0 Å². The van der Waals surface area contributed by atoms with Gasteiger partial charge in [-0.1, -0.05) is 6.92 Å². The molecule has 1 aliphatic rings. The van der Waals surface area contributed by atoms with Crippen molar-refractivity contribution in [3.63, 3.8) is 0 Å². The number of hydrogen-bond donors (Lipinski definition) is 3. The van der Waals surface area contributed by atoms with Gasteiger partial charge < -0.3 is 20.3 Å². The van der Waals surface area contributed by atoms with Crippen LogP contribution in [0.15, 0.2) is 0 Å². The Morgan fingerprint density at radius 1 is 1.58 bits per heavy atom. The molecule has 4 nitrogen and oxygen atoms in total. The van der Waals surface area contributed by atoms with Crippen LogP contribution in [0.4, 0.5) is 0 Å². The zero-order valence-electron chi connectivity index (χ0n) is 7.36. The molecule has 1 fully saturated rings. The summed E-state index contributed by atoms with van der Waals surface area (Å²) in [5.41, 5.74) is 0. The molecule has 12 heavy (non-hydrogen) atoms. The van der Waals surface area contributed by atoms with Crippen LogP contribution in [0.5, 0.6) is 0 Å². The van der Waals surface area contributed by atoms with Crippen LogP contribution in [-0.4, -0.2) is 48.7 Å². The fraction of sp³-hybridized carbons (Fsp3) is 1.00. The van der Waals surface area contributed by atoms with Gasteiger partial charge in [-0.25, -0.2) is 0 Å². The van der Waals surface area contributed by atoms with Crippen LogP contribution in [0.2, 0.25) is 0 Å². The number of nitrogens with one attached hydrogen (secondary N) is 1. The maximum absolute atomic E-state index is 9.32. The molecule has 1 rings (SSSR count). The van der Waals surface area contributed by atoms with Crippen LogP contribution in [-0.2, 0) is 4.74 Å². The Morgan fingerprint density at radius 3 is 2.83 bits per heavy atom. The summed E-state index contributed by atoms with van der Waals surface area (Å²) in [5, 5.41) is 21.2. The minimum Gasteiger partial charge on any atom is -0.396 e. The van der Waals surface area contributed by atoms with E-state index in [9.17, 15) is 5.11 Å². The molecule has 3 N–H and O–H groups in total. The van der Waals surface area contributed by atoms with Gasteiger partial charge in [0.15, 0.2) is 0 Å². The third-order valence-corrected chi connectivity index (χ3v) is 2.09. The van der Waals surface area contributed by atoms with Gasteiger partial charge in [-0.05, 0) is 5.92 Å². The lowest BCUT2D eigenvalue weighted by molar-refractivity contribution is 0.121. The van der Waals surface area contributed by atoms with E-state index in [1.807, 2.05) is 6.92 Å². The Morgan fingerprint density at radius 2 is 2.33 bits per heavy atom. The molecule has 1 aliphatic heterocycles. The van der Waals surface area contributed by atoms with Crippen LogP contribution in [0.3, 0.4) is 0 Å². The maximum Gasteiger partial charge on any atom is 0.0948 e. The first-order valence-electron chi connectivity index (χ1n) is 4.34. The first kappa shape index (κ1) is 9.92. The number of ether oxygens (including phenoxy) is 1. The molecule has 0 aromatic rings. The highest BCUT2D eigenvalue weighted by Gasteiger charge is 2.25. The highest BCUT2D eigenvalue weighted by atomic mass is 16.5. The fourth-order valence-electron chi connectivity index (χ4n) is 1.16. The summed E-state index contributed by atoms with van der Waals surface area (Å²) in [6, 6.07) is 0.0407. The normalized spacial score (nSPS) is 32.2. The Kier molecular flexibility index (Phi) is 3.94. The van der Waals surface area contributed by atoms with E-state index in [-0.39, 0.29) is 18.6 Å². The highest BCUT2D eigenvalue weighted by Crippen LogP contribution is 2.05. The molecule has 0 aromatic heterocycles. The molecule has 1 saturated heterocycles. The van der Waals surface area contributed by atoms with Gasteiger partial charge >= 0.3 is 0 Å². The average Bonchev–Trinajstić information content (AvgIpc) is 2.47. The second-order valence-electron chi connectivity index (χ2n) is 3.41. The van der Waals surface area contributed by atoms with Gasteiger partial charge in [0, 0.05) is 13.2 Å². The number of hydrogen-bond acceptors (Lipinski definition) is 4. The number of aliphatic hydroxyl groups excluding tert-OH is 2. The molecule has 3 atom stereocenters. The average molecular weight is 175 g/mol. The molecular weight excluding hydrogens is 158 g/mol. The van der Waals surface area contributed by atoms with Crippen LogP contribution < -0.4 is 5.32 Å². The van der Waals surface area contributed by atoms with Crippen molar-refractivity contribution >= 4 is 0 Å². The van der Waals surface area contributed by atoms with E-state index < -0.39 is 6.10 Å². The summed E-state index contributed by atoms with van der Waals surface area (Å²) in [4.78, 5) is 0. The SMILES string of the molecule is CC(CO)CNC1COCC1O. The van der Waals surface area contributed by atoms with Crippen molar-refractivity contribution in [2.75, 3.05) is 26.4 Å². The zero-order valence-corrected chi connectivity index (χ0v) is 7.36. The van der Waals surface area contributed by atoms with Crippen molar-refractivity contribution in [3.05, 3.63) is 0 Å². The quantitative estimate of drug-likeness (QED) is 0.511. The standard InChI is InChI=1S/C8H17NO3/c1-6(3-10)2-9-7-4-12-5-8(7)11/h6-11H,2-5H2,1H3. The topological polar surface area (TPSA) is 61.7 Å². The molecule has 3 unspecified atom stereocenters.